The van der Waals surface area contributed by atoms with Gasteiger partial charge in [0.25, 0.3) is 0 Å². The first-order chi connectivity index (χ1) is 9.98. The van der Waals surface area contributed by atoms with Gasteiger partial charge in [-0.1, -0.05) is 65.0 Å². The molecular formula is C20H40O. The van der Waals surface area contributed by atoms with E-state index in [1.807, 2.05) is 6.92 Å². The zero-order valence-electron chi connectivity index (χ0n) is 15.2. The first kappa shape index (κ1) is 20.7. The molecule has 0 spiro atoms. The Morgan fingerprint density at radius 2 is 1.43 bits per heavy atom. The van der Waals surface area contributed by atoms with Gasteiger partial charge in [-0.05, 0) is 57.3 Å². The molecule has 0 aliphatic carbocycles. The van der Waals surface area contributed by atoms with Crippen molar-refractivity contribution in [1.82, 2.24) is 0 Å². The van der Waals surface area contributed by atoms with E-state index < -0.39 is 0 Å². The van der Waals surface area contributed by atoms with Crippen LogP contribution in [-0.4, -0.2) is 11.2 Å². The Morgan fingerprint density at radius 1 is 0.857 bits per heavy atom. The van der Waals surface area contributed by atoms with Crippen LogP contribution in [0.3, 0.4) is 0 Å². The molecule has 0 aliphatic rings. The van der Waals surface area contributed by atoms with Crippen LogP contribution in [0.5, 0.6) is 0 Å². The highest BCUT2D eigenvalue weighted by molar-refractivity contribution is 4.82. The molecule has 0 saturated carbocycles. The molecule has 0 aromatic carbocycles. The smallest absolute Gasteiger partial charge is 0.0512 e. The monoisotopic (exact) mass is 296 g/mol. The number of hydrogen-bond donors (Lipinski definition) is 1. The molecule has 0 amide bonds. The minimum atomic E-state index is -0.151. The maximum atomic E-state index is 9.36. The molecule has 0 saturated heterocycles. The number of aliphatic hydroxyl groups excluding tert-OH is 1. The van der Waals surface area contributed by atoms with Gasteiger partial charge in [0, 0.05) is 0 Å². The summed E-state index contributed by atoms with van der Waals surface area (Å²) in [6.45, 7) is 8.82. The third-order valence-corrected chi connectivity index (χ3v) is 4.35. The van der Waals surface area contributed by atoms with Gasteiger partial charge in [0.05, 0.1) is 6.10 Å². The third-order valence-electron chi connectivity index (χ3n) is 4.35. The van der Waals surface area contributed by atoms with Gasteiger partial charge in [-0.2, -0.15) is 0 Å². The summed E-state index contributed by atoms with van der Waals surface area (Å²) in [5, 5.41) is 9.36. The molecule has 0 fully saturated rings. The largest absolute Gasteiger partial charge is 0.393 e. The molecule has 0 bridgehead atoms. The molecule has 1 nitrogen and oxygen atoms in total. The highest BCUT2D eigenvalue weighted by atomic mass is 16.3. The molecule has 0 radical (unpaired) electrons. The van der Waals surface area contributed by atoms with E-state index in [2.05, 4.69) is 32.9 Å². The molecule has 21 heavy (non-hydrogen) atoms. The predicted octanol–water partition coefficient (Wildman–Crippen LogP) is 6.65. The predicted molar refractivity (Wildman–Crippen MR) is 95.7 cm³/mol. The van der Waals surface area contributed by atoms with E-state index in [1.54, 1.807) is 0 Å². The molecule has 1 N–H and O–H groups in total. The van der Waals surface area contributed by atoms with Crippen LogP contribution in [0, 0.1) is 5.41 Å². The van der Waals surface area contributed by atoms with Crippen LogP contribution in [0.2, 0.25) is 0 Å². The van der Waals surface area contributed by atoms with Crippen molar-refractivity contribution >= 4 is 0 Å². The Labute approximate surface area is 134 Å². The summed E-state index contributed by atoms with van der Waals surface area (Å²) in [4.78, 5) is 0. The Bertz CT molecular complexity index is 240. The minimum absolute atomic E-state index is 0.151. The number of hydrogen-bond acceptors (Lipinski definition) is 1. The van der Waals surface area contributed by atoms with Crippen molar-refractivity contribution in [2.75, 3.05) is 0 Å². The van der Waals surface area contributed by atoms with Crippen molar-refractivity contribution in [2.24, 2.45) is 5.41 Å². The van der Waals surface area contributed by atoms with E-state index in [9.17, 15) is 5.11 Å². The summed E-state index contributed by atoms with van der Waals surface area (Å²) >= 11 is 0. The van der Waals surface area contributed by atoms with Gasteiger partial charge in [0.15, 0.2) is 0 Å². The van der Waals surface area contributed by atoms with Gasteiger partial charge in [-0.15, -0.1) is 0 Å². The molecular weight excluding hydrogens is 256 g/mol. The number of unbranched alkanes of at least 4 members (excludes halogenated alkanes) is 7. The lowest BCUT2D eigenvalue weighted by Gasteiger charge is -2.25. The zero-order chi connectivity index (χ0) is 16.0. The van der Waals surface area contributed by atoms with E-state index in [0.29, 0.717) is 5.41 Å². The van der Waals surface area contributed by atoms with Gasteiger partial charge in [0.1, 0.15) is 0 Å². The number of aliphatic hydroxyl groups is 1. The summed E-state index contributed by atoms with van der Waals surface area (Å²) in [5.41, 5.74) is 0.379. The highest BCUT2D eigenvalue weighted by Gasteiger charge is 2.17. The fourth-order valence-electron chi connectivity index (χ4n) is 2.70. The molecule has 126 valence electrons. The Kier molecular flexibility index (Phi) is 13.2. The molecule has 1 atom stereocenters. The van der Waals surface area contributed by atoms with Crippen molar-refractivity contribution < 1.29 is 5.11 Å². The van der Waals surface area contributed by atoms with E-state index >= 15 is 0 Å². The second kappa shape index (κ2) is 13.4. The molecule has 1 unspecified atom stereocenters. The van der Waals surface area contributed by atoms with E-state index in [0.717, 1.165) is 12.8 Å². The van der Waals surface area contributed by atoms with Crippen LogP contribution >= 0.6 is 0 Å². The second-order valence-electron chi connectivity index (χ2n) is 7.47. The Hall–Kier alpha value is -0.300. The molecule has 0 heterocycles. The van der Waals surface area contributed by atoms with Crippen LogP contribution in [0.1, 0.15) is 105 Å². The summed E-state index contributed by atoms with van der Waals surface area (Å²) in [5.74, 6) is 0. The highest BCUT2D eigenvalue weighted by Crippen LogP contribution is 2.29. The third kappa shape index (κ3) is 15.9. The van der Waals surface area contributed by atoms with Gasteiger partial charge in [0.2, 0.25) is 0 Å². The lowest BCUT2D eigenvalue weighted by Crippen LogP contribution is -2.14. The SMILES string of the molecule is CCCCCCCC/C=C\CCCC(C)(C)CCC(C)O. The molecule has 0 rings (SSSR count). The first-order valence-corrected chi connectivity index (χ1v) is 9.31. The van der Waals surface area contributed by atoms with Gasteiger partial charge >= 0.3 is 0 Å². The van der Waals surface area contributed by atoms with Crippen LogP contribution in [-0.2, 0) is 0 Å². The molecule has 0 aromatic heterocycles. The fourth-order valence-corrected chi connectivity index (χ4v) is 2.70. The number of rotatable bonds is 14. The van der Waals surface area contributed by atoms with Crippen molar-refractivity contribution in [1.29, 1.82) is 0 Å². The van der Waals surface area contributed by atoms with E-state index in [1.165, 1.54) is 64.2 Å². The lowest BCUT2D eigenvalue weighted by molar-refractivity contribution is 0.155. The van der Waals surface area contributed by atoms with Crippen molar-refractivity contribution in [2.45, 2.75) is 111 Å². The van der Waals surface area contributed by atoms with Gasteiger partial charge < -0.3 is 5.11 Å². The summed E-state index contributed by atoms with van der Waals surface area (Å²) in [6.07, 6.45) is 20.0. The van der Waals surface area contributed by atoms with E-state index in [-0.39, 0.29) is 6.10 Å². The van der Waals surface area contributed by atoms with Crippen LogP contribution < -0.4 is 0 Å². The van der Waals surface area contributed by atoms with E-state index in [4.69, 9.17) is 0 Å². The van der Waals surface area contributed by atoms with Crippen LogP contribution in [0.4, 0.5) is 0 Å². The number of allylic oxidation sites excluding steroid dienone is 2. The minimum Gasteiger partial charge on any atom is -0.393 e. The summed E-state index contributed by atoms with van der Waals surface area (Å²) in [6, 6.07) is 0. The summed E-state index contributed by atoms with van der Waals surface area (Å²) in [7, 11) is 0. The Balaban J connectivity index is 3.42. The Morgan fingerprint density at radius 3 is 2.05 bits per heavy atom. The lowest BCUT2D eigenvalue weighted by atomic mass is 9.82. The van der Waals surface area contributed by atoms with Gasteiger partial charge in [-0.3, -0.25) is 0 Å². The second-order valence-corrected chi connectivity index (χ2v) is 7.47. The van der Waals surface area contributed by atoms with Crippen molar-refractivity contribution in [3.8, 4) is 0 Å². The quantitative estimate of drug-likeness (QED) is 0.281. The zero-order valence-corrected chi connectivity index (χ0v) is 15.2. The summed E-state index contributed by atoms with van der Waals surface area (Å²) < 4.78 is 0. The average Bonchev–Trinajstić information content (AvgIpc) is 2.43. The van der Waals surface area contributed by atoms with Gasteiger partial charge in [-0.25, -0.2) is 0 Å². The topological polar surface area (TPSA) is 20.2 Å². The fraction of sp³-hybridized carbons (Fsp3) is 0.900. The van der Waals surface area contributed by atoms with Crippen LogP contribution in [0.25, 0.3) is 0 Å². The standard InChI is InChI=1S/C20H40O/c1-5-6-7-8-9-10-11-12-13-14-15-17-20(3,4)18-16-19(2)21/h12-13,19,21H,5-11,14-18H2,1-4H3/b13-12-. The van der Waals surface area contributed by atoms with Crippen molar-refractivity contribution in [3.63, 3.8) is 0 Å². The van der Waals surface area contributed by atoms with Crippen LogP contribution in [0.15, 0.2) is 12.2 Å². The average molecular weight is 297 g/mol. The normalized spacial score (nSPS) is 14.0. The molecule has 1 heteroatoms. The molecule has 0 aliphatic heterocycles. The molecule has 0 aromatic rings. The maximum Gasteiger partial charge on any atom is 0.0512 e. The maximum absolute atomic E-state index is 9.36. The van der Waals surface area contributed by atoms with Crippen molar-refractivity contribution in [3.05, 3.63) is 12.2 Å². The first-order valence-electron chi connectivity index (χ1n) is 9.31.